The standard InChI is InChI=1S/C25H21FN2O2S/c26-21-5-7-22(8-6-21)30-23-3-1-2-18(14-23)4-9-25(29)28-16-19-10-12-27-24(15-19)20-11-13-31-17-20/h1-3,5-8,10-15,17H,4,9,16H2,(H,28,29). The van der Waals surface area contributed by atoms with Gasteiger partial charge in [0.05, 0.1) is 5.69 Å². The van der Waals surface area contributed by atoms with Crippen LogP contribution >= 0.6 is 11.3 Å². The average molecular weight is 433 g/mol. The molecule has 0 fully saturated rings. The zero-order valence-corrected chi connectivity index (χ0v) is 17.6. The van der Waals surface area contributed by atoms with E-state index in [-0.39, 0.29) is 11.7 Å². The highest BCUT2D eigenvalue weighted by Crippen LogP contribution is 2.23. The van der Waals surface area contributed by atoms with Crippen LogP contribution in [0.2, 0.25) is 0 Å². The molecule has 0 radical (unpaired) electrons. The van der Waals surface area contributed by atoms with Crippen molar-refractivity contribution in [2.24, 2.45) is 0 Å². The highest BCUT2D eigenvalue weighted by atomic mass is 32.1. The first kappa shape index (κ1) is 20.8. The SMILES string of the molecule is O=C(CCc1cccc(Oc2ccc(F)cc2)c1)NCc1ccnc(-c2ccsc2)c1. The van der Waals surface area contributed by atoms with Crippen molar-refractivity contribution in [1.29, 1.82) is 0 Å². The summed E-state index contributed by atoms with van der Waals surface area (Å²) in [6.45, 7) is 0.464. The summed E-state index contributed by atoms with van der Waals surface area (Å²) in [6, 6.07) is 19.4. The van der Waals surface area contributed by atoms with E-state index in [0.717, 1.165) is 22.4 Å². The summed E-state index contributed by atoms with van der Waals surface area (Å²) in [6.07, 6.45) is 2.74. The molecule has 0 bridgehead atoms. The lowest BCUT2D eigenvalue weighted by Gasteiger charge is -2.09. The van der Waals surface area contributed by atoms with E-state index in [9.17, 15) is 9.18 Å². The maximum absolute atomic E-state index is 13.0. The van der Waals surface area contributed by atoms with Gasteiger partial charge in [-0.2, -0.15) is 11.3 Å². The molecule has 4 rings (SSSR count). The Labute approximate surface area is 184 Å². The third kappa shape index (κ3) is 5.99. The molecule has 156 valence electrons. The fourth-order valence-corrected chi connectivity index (χ4v) is 3.75. The lowest BCUT2D eigenvalue weighted by Crippen LogP contribution is -2.23. The minimum atomic E-state index is -0.304. The molecule has 6 heteroatoms. The number of nitrogens with zero attached hydrogens (tertiary/aromatic N) is 1. The van der Waals surface area contributed by atoms with Crippen molar-refractivity contribution in [3.05, 3.63) is 101 Å². The van der Waals surface area contributed by atoms with E-state index < -0.39 is 0 Å². The second-order valence-corrected chi connectivity index (χ2v) is 7.82. The minimum Gasteiger partial charge on any atom is -0.457 e. The monoisotopic (exact) mass is 432 g/mol. The van der Waals surface area contributed by atoms with Crippen LogP contribution in [-0.4, -0.2) is 10.9 Å². The van der Waals surface area contributed by atoms with Gasteiger partial charge in [-0.3, -0.25) is 9.78 Å². The lowest BCUT2D eigenvalue weighted by molar-refractivity contribution is -0.121. The second-order valence-electron chi connectivity index (χ2n) is 7.04. The van der Waals surface area contributed by atoms with Crippen LogP contribution in [0.4, 0.5) is 4.39 Å². The number of ether oxygens (including phenoxy) is 1. The van der Waals surface area contributed by atoms with Gasteiger partial charge in [0, 0.05) is 30.1 Å². The van der Waals surface area contributed by atoms with Crippen LogP contribution in [0.5, 0.6) is 11.5 Å². The van der Waals surface area contributed by atoms with Crippen molar-refractivity contribution >= 4 is 17.2 Å². The maximum atomic E-state index is 13.0. The van der Waals surface area contributed by atoms with E-state index in [1.54, 1.807) is 29.7 Å². The van der Waals surface area contributed by atoms with E-state index in [4.69, 9.17) is 4.74 Å². The molecule has 0 aliphatic heterocycles. The molecular formula is C25H21FN2O2S. The first-order chi connectivity index (χ1) is 15.2. The average Bonchev–Trinajstić information content (AvgIpc) is 3.33. The van der Waals surface area contributed by atoms with Gasteiger partial charge in [0.2, 0.25) is 5.91 Å². The number of rotatable bonds is 8. The number of amides is 1. The molecule has 2 aromatic carbocycles. The molecule has 31 heavy (non-hydrogen) atoms. The van der Waals surface area contributed by atoms with E-state index in [2.05, 4.69) is 15.7 Å². The number of thiophene rings is 1. The number of pyridine rings is 1. The zero-order valence-electron chi connectivity index (χ0n) is 16.8. The Morgan fingerprint density at radius 1 is 1.00 bits per heavy atom. The number of halogens is 1. The largest absolute Gasteiger partial charge is 0.457 e. The third-order valence-corrected chi connectivity index (χ3v) is 5.40. The molecule has 0 aliphatic rings. The minimum absolute atomic E-state index is 0.0150. The molecule has 0 spiro atoms. The van der Waals surface area contributed by atoms with Gasteiger partial charge in [-0.25, -0.2) is 4.39 Å². The molecular weight excluding hydrogens is 411 g/mol. The Morgan fingerprint density at radius 2 is 1.87 bits per heavy atom. The van der Waals surface area contributed by atoms with Crippen LogP contribution in [0.3, 0.4) is 0 Å². The van der Waals surface area contributed by atoms with E-state index in [1.165, 1.54) is 12.1 Å². The Balaban J connectivity index is 1.28. The number of hydrogen-bond donors (Lipinski definition) is 1. The smallest absolute Gasteiger partial charge is 0.220 e. The molecule has 0 aliphatic carbocycles. The molecule has 2 aromatic heterocycles. The number of benzene rings is 2. The Morgan fingerprint density at radius 3 is 2.68 bits per heavy atom. The Bertz CT molecular complexity index is 1140. The van der Waals surface area contributed by atoms with Crippen LogP contribution in [0, 0.1) is 5.82 Å². The van der Waals surface area contributed by atoms with Crippen LogP contribution in [0.25, 0.3) is 11.3 Å². The van der Waals surface area contributed by atoms with Crippen molar-refractivity contribution in [3.8, 4) is 22.8 Å². The molecule has 0 saturated carbocycles. The quantitative estimate of drug-likeness (QED) is 0.372. The van der Waals surface area contributed by atoms with Gasteiger partial charge < -0.3 is 10.1 Å². The number of aromatic nitrogens is 1. The molecule has 4 aromatic rings. The predicted molar refractivity (Wildman–Crippen MR) is 121 cm³/mol. The molecule has 0 unspecified atom stereocenters. The number of carbonyl (C=O) groups is 1. The highest BCUT2D eigenvalue weighted by molar-refractivity contribution is 7.08. The van der Waals surface area contributed by atoms with Gasteiger partial charge in [-0.05, 0) is 77.5 Å². The van der Waals surface area contributed by atoms with Crippen molar-refractivity contribution in [2.75, 3.05) is 0 Å². The van der Waals surface area contributed by atoms with Crippen molar-refractivity contribution in [2.45, 2.75) is 19.4 Å². The van der Waals surface area contributed by atoms with E-state index in [0.29, 0.717) is 30.9 Å². The van der Waals surface area contributed by atoms with Gasteiger partial charge >= 0.3 is 0 Å². The summed E-state index contributed by atoms with van der Waals surface area (Å²) in [4.78, 5) is 16.7. The van der Waals surface area contributed by atoms with Crippen molar-refractivity contribution in [1.82, 2.24) is 10.3 Å². The maximum Gasteiger partial charge on any atom is 0.220 e. The van der Waals surface area contributed by atoms with Crippen LogP contribution in [0.15, 0.2) is 83.7 Å². The third-order valence-electron chi connectivity index (χ3n) is 4.72. The summed E-state index contributed by atoms with van der Waals surface area (Å²) in [7, 11) is 0. The predicted octanol–water partition coefficient (Wildman–Crippen LogP) is 5.99. The summed E-state index contributed by atoms with van der Waals surface area (Å²) >= 11 is 1.63. The summed E-state index contributed by atoms with van der Waals surface area (Å²) in [5.41, 5.74) is 4.00. The molecule has 0 saturated heterocycles. The summed E-state index contributed by atoms with van der Waals surface area (Å²) < 4.78 is 18.8. The normalized spacial score (nSPS) is 10.6. The summed E-state index contributed by atoms with van der Waals surface area (Å²) in [5, 5.41) is 7.04. The Kier molecular flexibility index (Phi) is 6.69. The Hall–Kier alpha value is -3.51. The number of hydrogen-bond acceptors (Lipinski definition) is 4. The first-order valence-electron chi connectivity index (χ1n) is 9.92. The van der Waals surface area contributed by atoms with Gasteiger partial charge in [0.1, 0.15) is 17.3 Å². The van der Waals surface area contributed by atoms with Gasteiger partial charge in [-0.1, -0.05) is 12.1 Å². The van der Waals surface area contributed by atoms with Crippen LogP contribution in [-0.2, 0) is 17.8 Å². The topological polar surface area (TPSA) is 51.2 Å². The molecule has 1 N–H and O–H groups in total. The van der Waals surface area contributed by atoms with Crippen LogP contribution in [0.1, 0.15) is 17.5 Å². The second kappa shape index (κ2) is 10.00. The van der Waals surface area contributed by atoms with Gasteiger partial charge in [-0.15, -0.1) is 0 Å². The molecule has 4 nitrogen and oxygen atoms in total. The number of aryl methyl sites for hydroxylation is 1. The van der Waals surface area contributed by atoms with Gasteiger partial charge in [0.15, 0.2) is 0 Å². The van der Waals surface area contributed by atoms with Crippen LogP contribution < -0.4 is 10.1 Å². The number of carbonyl (C=O) groups excluding carboxylic acids is 1. The van der Waals surface area contributed by atoms with Crippen molar-refractivity contribution in [3.63, 3.8) is 0 Å². The first-order valence-corrected chi connectivity index (χ1v) is 10.9. The van der Waals surface area contributed by atoms with Gasteiger partial charge in [0.25, 0.3) is 0 Å². The fourth-order valence-electron chi connectivity index (χ4n) is 3.10. The van der Waals surface area contributed by atoms with Crippen molar-refractivity contribution < 1.29 is 13.9 Å². The fraction of sp³-hybridized carbons (Fsp3) is 0.120. The van der Waals surface area contributed by atoms with E-state index >= 15 is 0 Å². The zero-order chi connectivity index (χ0) is 21.5. The molecule has 0 atom stereocenters. The molecule has 2 heterocycles. The molecule has 1 amide bonds. The van der Waals surface area contributed by atoms with E-state index in [1.807, 2.05) is 47.8 Å². The number of nitrogens with one attached hydrogen (secondary N) is 1. The summed E-state index contributed by atoms with van der Waals surface area (Å²) in [5.74, 6) is 0.901. The lowest BCUT2D eigenvalue weighted by atomic mass is 10.1. The highest BCUT2D eigenvalue weighted by Gasteiger charge is 2.06.